The molecule has 0 bridgehead atoms. The molecule has 1 aromatic carbocycles. The van der Waals surface area contributed by atoms with E-state index in [0.29, 0.717) is 25.9 Å². The molecule has 0 aromatic heterocycles. The fourth-order valence-electron chi connectivity index (χ4n) is 3.13. The lowest BCUT2D eigenvalue weighted by Crippen LogP contribution is -2.48. The Bertz CT molecular complexity index is 593. The summed E-state index contributed by atoms with van der Waals surface area (Å²) in [4.78, 5) is 25.3. The van der Waals surface area contributed by atoms with Gasteiger partial charge >= 0.3 is 6.03 Å². The van der Waals surface area contributed by atoms with E-state index in [4.69, 9.17) is 10.5 Å². The predicted molar refractivity (Wildman–Crippen MR) is 102 cm³/mol. The van der Waals surface area contributed by atoms with E-state index in [1.807, 2.05) is 32.9 Å². The minimum atomic E-state index is -0.261. The van der Waals surface area contributed by atoms with Gasteiger partial charge in [-0.2, -0.15) is 0 Å². The molecule has 1 aliphatic heterocycles. The Balaban J connectivity index is 1.72. The van der Waals surface area contributed by atoms with Gasteiger partial charge in [0.2, 0.25) is 5.91 Å². The number of ether oxygens (including phenoxy) is 1. The van der Waals surface area contributed by atoms with Crippen LogP contribution in [-0.2, 0) is 11.2 Å². The highest BCUT2D eigenvalue weighted by Gasteiger charge is 2.26. The van der Waals surface area contributed by atoms with E-state index >= 15 is 0 Å². The number of aryl methyl sites for hydroxylation is 1. The van der Waals surface area contributed by atoms with Gasteiger partial charge in [0.25, 0.3) is 0 Å². The standard InChI is InChI=1S/C20H31N3O3/c1-14(2)26-18-8-6-16(7-9-18)5-4-15(3)22-20(25)23-12-10-17(11-13-23)19(21)24/h6-9,14-15,17H,4-5,10-13H2,1-3H3,(H2,21,24)(H,22,25)/t15-/m0/s1. The summed E-state index contributed by atoms with van der Waals surface area (Å²) in [5.74, 6) is 0.520. The van der Waals surface area contributed by atoms with Crippen LogP contribution in [0, 0.1) is 5.92 Å². The van der Waals surface area contributed by atoms with Gasteiger partial charge in [-0.05, 0) is 64.2 Å². The molecule has 1 heterocycles. The average molecular weight is 361 g/mol. The van der Waals surface area contributed by atoms with E-state index in [2.05, 4.69) is 17.4 Å². The van der Waals surface area contributed by atoms with Crippen molar-refractivity contribution in [2.24, 2.45) is 11.7 Å². The van der Waals surface area contributed by atoms with Gasteiger partial charge in [-0.15, -0.1) is 0 Å². The zero-order valence-corrected chi connectivity index (χ0v) is 16.0. The Morgan fingerprint density at radius 2 is 1.81 bits per heavy atom. The number of primary amides is 1. The summed E-state index contributed by atoms with van der Waals surface area (Å²) in [6, 6.07) is 8.15. The van der Waals surface area contributed by atoms with Gasteiger partial charge in [0.15, 0.2) is 0 Å². The summed E-state index contributed by atoms with van der Waals surface area (Å²) in [7, 11) is 0. The number of rotatable bonds is 7. The summed E-state index contributed by atoms with van der Waals surface area (Å²) in [5.41, 5.74) is 6.56. The van der Waals surface area contributed by atoms with Gasteiger partial charge in [-0.25, -0.2) is 4.79 Å². The molecular formula is C20H31N3O3. The van der Waals surface area contributed by atoms with Crippen LogP contribution in [0.3, 0.4) is 0 Å². The minimum Gasteiger partial charge on any atom is -0.491 e. The number of nitrogens with two attached hydrogens (primary N) is 1. The third kappa shape index (κ3) is 6.24. The highest BCUT2D eigenvalue weighted by atomic mass is 16.5. The molecule has 1 atom stereocenters. The maximum Gasteiger partial charge on any atom is 0.317 e. The highest BCUT2D eigenvalue weighted by molar-refractivity contribution is 5.78. The van der Waals surface area contributed by atoms with Crippen LogP contribution in [0.4, 0.5) is 4.79 Å². The lowest BCUT2D eigenvalue weighted by molar-refractivity contribution is -0.123. The van der Waals surface area contributed by atoms with Crippen LogP contribution >= 0.6 is 0 Å². The largest absolute Gasteiger partial charge is 0.491 e. The van der Waals surface area contributed by atoms with Gasteiger partial charge in [0, 0.05) is 25.0 Å². The molecular weight excluding hydrogens is 330 g/mol. The maximum atomic E-state index is 12.3. The first-order valence-electron chi connectivity index (χ1n) is 9.45. The molecule has 2 rings (SSSR count). The molecule has 6 heteroatoms. The van der Waals surface area contributed by atoms with Crippen molar-refractivity contribution in [3.05, 3.63) is 29.8 Å². The van der Waals surface area contributed by atoms with Crippen LogP contribution in [-0.4, -0.2) is 42.1 Å². The van der Waals surface area contributed by atoms with Gasteiger partial charge in [0.05, 0.1) is 6.10 Å². The lowest BCUT2D eigenvalue weighted by Gasteiger charge is -2.31. The molecule has 3 N–H and O–H groups in total. The Labute approximate surface area is 156 Å². The number of nitrogens with one attached hydrogen (secondary N) is 1. The van der Waals surface area contributed by atoms with E-state index in [1.165, 1.54) is 5.56 Å². The van der Waals surface area contributed by atoms with Gasteiger partial charge in [0.1, 0.15) is 5.75 Å². The smallest absolute Gasteiger partial charge is 0.317 e. The quantitative estimate of drug-likeness (QED) is 0.783. The fraction of sp³-hybridized carbons (Fsp3) is 0.600. The molecule has 0 saturated carbocycles. The average Bonchev–Trinajstić information content (AvgIpc) is 2.60. The number of likely N-dealkylation sites (tertiary alicyclic amines) is 1. The summed E-state index contributed by atoms with van der Waals surface area (Å²) < 4.78 is 5.65. The molecule has 1 aliphatic rings. The molecule has 0 unspecified atom stereocenters. The first kappa shape index (κ1) is 20.1. The fourth-order valence-corrected chi connectivity index (χ4v) is 3.13. The Morgan fingerprint density at radius 3 is 2.35 bits per heavy atom. The number of hydrogen-bond acceptors (Lipinski definition) is 3. The molecule has 1 saturated heterocycles. The van der Waals surface area contributed by atoms with E-state index < -0.39 is 0 Å². The Kier molecular flexibility index (Phi) is 7.30. The van der Waals surface area contributed by atoms with E-state index in [-0.39, 0.29) is 30.0 Å². The van der Waals surface area contributed by atoms with E-state index in [9.17, 15) is 9.59 Å². The lowest BCUT2D eigenvalue weighted by atomic mass is 9.96. The third-order valence-corrected chi connectivity index (χ3v) is 4.72. The molecule has 3 amide bonds. The van der Waals surface area contributed by atoms with Crippen LogP contribution in [0.15, 0.2) is 24.3 Å². The number of hydrogen-bond donors (Lipinski definition) is 2. The highest BCUT2D eigenvalue weighted by Crippen LogP contribution is 2.17. The predicted octanol–water partition coefficient (Wildman–Crippen LogP) is 2.70. The first-order chi connectivity index (χ1) is 12.3. The molecule has 0 spiro atoms. The van der Waals surface area contributed by atoms with Crippen molar-refractivity contribution in [3.8, 4) is 5.75 Å². The molecule has 0 radical (unpaired) electrons. The summed E-state index contributed by atoms with van der Waals surface area (Å²) >= 11 is 0. The monoisotopic (exact) mass is 361 g/mol. The van der Waals surface area contributed by atoms with Crippen LogP contribution < -0.4 is 15.8 Å². The second-order valence-electron chi connectivity index (χ2n) is 7.36. The zero-order valence-electron chi connectivity index (χ0n) is 16.0. The van der Waals surface area contributed by atoms with Crippen LogP contribution in [0.5, 0.6) is 5.75 Å². The molecule has 0 aliphatic carbocycles. The molecule has 6 nitrogen and oxygen atoms in total. The number of nitrogens with zero attached hydrogens (tertiary/aromatic N) is 1. The molecule has 1 aromatic rings. The van der Waals surface area contributed by atoms with Gasteiger partial charge in [-0.1, -0.05) is 12.1 Å². The van der Waals surface area contributed by atoms with Crippen LogP contribution in [0.2, 0.25) is 0 Å². The van der Waals surface area contributed by atoms with E-state index in [1.54, 1.807) is 4.90 Å². The molecule has 26 heavy (non-hydrogen) atoms. The first-order valence-corrected chi connectivity index (χ1v) is 9.45. The Hall–Kier alpha value is -2.24. The van der Waals surface area contributed by atoms with Crippen LogP contribution in [0.1, 0.15) is 45.6 Å². The normalized spacial score (nSPS) is 16.4. The number of piperidine rings is 1. The number of benzene rings is 1. The maximum absolute atomic E-state index is 12.3. The number of urea groups is 1. The molecule has 144 valence electrons. The second kappa shape index (κ2) is 9.46. The minimum absolute atomic E-state index is 0.0545. The van der Waals surface area contributed by atoms with Crippen molar-refractivity contribution in [2.45, 2.75) is 58.6 Å². The van der Waals surface area contributed by atoms with Crippen molar-refractivity contribution in [3.63, 3.8) is 0 Å². The van der Waals surface area contributed by atoms with Crippen molar-refractivity contribution in [1.82, 2.24) is 10.2 Å². The SMILES string of the molecule is CC(C)Oc1ccc(CC[C@H](C)NC(=O)N2CCC(C(N)=O)CC2)cc1. The van der Waals surface area contributed by atoms with Crippen molar-refractivity contribution >= 4 is 11.9 Å². The third-order valence-electron chi connectivity index (χ3n) is 4.72. The topological polar surface area (TPSA) is 84.7 Å². The van der Waals surface area contributed by atoms with E-state index in [0.717, 1.165) is 18.6 Å². The summed E-state index contributed by atoms with van der Waals surface area (Å²) in [5, 5.41) is 3.05. The number of carbonyl (C=O) groups is 2. The van der Waals surface area contributed by atoms with Crippen molar-refractivity contribution < 1.29 is 14.3 Å². The van der Waals surface area contributed by atoms with Crippen molar-refractivity contribution in [1.29, 1.82) is 0 Å². The van der Waals surface area contributed by atoms with Gasteiger partial charge < -0.3 is 20.7 Å². The molecule has 1 fully saturated rings. The summed E-state index contributed by atoms with van der Waals surface area (Å²) in [6.07, 6.45) is 3.24. The van der Waals surface area contributed by atoms with Gasteiger partial charge in [-0.3, -0.25) is 4.79 Å². The summed E-state index contributed by atoms with van der Waals surface area (Å²) in [6.45, 7) is 7.21. The van der Waals surface area contributed by atoms with Crippen LogP contribution in [0.25, 0.3) is 0 Å². The Morgan fingerprint density at radius 1 is 1.19 bits per heavy atom. The van der Waals surface area contributed by atoms with Crippen molar-refractivity contribution in [2.75, 3.05) is 13.1 Å². The zero-order chi connectivity index (χ0) is 19.1. The number of carbonyl (C=O) groups excluding carboxylic acids is 2. The number of amides is 3. The second-order valence-corrected chi connectivity index (χ2v) is 7.36.